The van der Waals surface area contributed by atoms with E-state index >= 15 is 0 Å². The van der Waals surface area contributed by atoms with E-state index in [-0.39, 0.29) is 18.1 Å². The number of aromatic nitrogens is 2. The summed E-state index contributed by atoms with van der Waals surface area (Å²) in [7, 11) is 0. The van der Waals surface area contributed by atoms with Gasteiger partial charge in [0.2, 0.25) is 0 Å². The molecule has 0 saturated heterocycles. The average Bonchev–Trinajstić information content (AvgIpc) is 3.55. The first-order valence-electron chi connectivity index (χ1n) is 13.6. The third-order valence-corrected chi connectivity index (χ3v) is 8.60. The fourth-order valence-corrected chi connectivity index (χ4v) is 6.20. The Morgan fingerprint density at radius 2 is 2.03 bits per heavy atom. The van der Waals surface area contributed by atoms with E-state index < -0.39 is 0 Å². The molecule has 2 aromatic heterocycles. The number of rotatable bonds is 8. The number of thiazole rings is 1. The molecule has 1 saturated carbocycles. The molecule has 6 rings (SSSR count). The number of carbonyl (C=O) groups is 1. The predicted octanol–water partition coefficient (Wildman–Crippen LogP) is 6.07. The molecular formula is C31H33N5OS. The highest BCUT2D eigenvalue weighted by molar-refractivity contribution is 7.10. The van der Waals surface area contributed by atoms with Gasteiger partial charge in [-0.05, 0) is 67.5 Å². The number of anilines is 1. The molecule has 2 atom stereocenters. The molecule has 2 aromatic carbocycles. The summed E-state index contributed by atoms with van der Waals surface area (Å²) >= 11 is 1.34. The minimum atomic E-state index is -0.286. The molecule has 0 bridgehead atoms. The number of H-pyrrole nitrogens is 1. The van der Waals surface area contributed by atoms with E-state index in [4.69, 9.17) is 6.42 Å². The zero-order chi connectivity index (χ0) is 26.1. The van der Waals surface area contributed by atoms with Crippen molar-refractivity contribution in [1.82, 2.24) is 20.2 Å². The summed E-state index contributed by atoms with van der Waals surface area (Å²) in [4.78, 5) is 24.3. The van der Waals surface area contributed by atoms with Crippen LogP contribution in [0.2, 0.25) is 0 Å². The van der Waals surface area contributed by atoms with Gasteiger partial charge in [-0.3, -0.25) is 10.1 Å². The minimum absolute atomic E-state index is 0.109. The van der Waals surface area contributed by atoms with Gasteiger partial charge < -0.3 is 15.2 Å². The monoisotopic (exact) mass is 523 g/mol. The third kappa shape index (κ3) is 4.59. The van der Waals surface area contributed by atoms with E-state index in [0.29, 0.717) is 16.7 Å². The molecule has 2 aliphatic rings. The van der Waals surface area contributed by atoms with E-state index in [1.54, 1.807) is 5.38 Å². The molecular weight excluding hydrogens is 490 g/mol. The number of carbonyl (C=O) groups excluding carboxylic acids is 1. The van der Waals surface area contributed by atoms with Crippen molar-refractivity contribution >= 4 is 33.8 Å². The first-order chi connectivity index (χ1) is 18.7. The van der Waals surface area contributed by atoms with Crippen molar-refractivity contribution in [1.29, 1.82) is 0 Å². The standard InChI is InChI=1S/C31H33N5OS/c1-3-5-17-32-27-18-24-23-11-6-7-12-25(23)35-29(24)30(36(27)31(37)26-19-38-28(4-2)34-26)20-13-15-22(16-14-20)33-21-9-8-10-21/h2,6-7,11-16,19,21,27,30,32-33,35H,3,5,8-10,17-18H2,1H3/t27-,30+/m1/s1. The Balaban J connectivity index is 1.45. The van der Waals surface area contributed by atoms with Crippen molar-refractivity contribution in [2.75, 3.05) is 11.9 Å². The van der Waals surface area contributed by atoms with Crippen LogP contribution in [-0.2, 0) is 6.42 Å². The van der Waals surface area contributed by atoms with Crippen LogP contribution in [0.25, 0.3) is 10.9 Å². The molecule has 3 N–H and O–H groups in total. The number of unbranched alkanes of at least 4 members (excludes halogenated alkanes) is 1. The summed E-state index contributed by atoms with van der Waals surface area (Å²) in [6.45, 7) is 3.02. The number of nitrogens with zero attached hydrogens (tertiary/aromatic N) is 2. The van der Waals surface area contributed by atoms with Crippen LogP contribution in [-0.4, -0.2) is 39.5 Å². The number of hydrogen-bond acceptors (Lipinski definition) is 5. The van der Waals surface area contributed by atoms with E-state index in [2.05, 4.69) is 82.0 Å². The number of amides is 1. The summed E-state index contributed by atoms with van der Waals surface area (Å²) in [6, 6.07) is 17.3. The molecule has 1 fully saturated rings. The van der Waals surface area contributed by atoms with E-state index in [1.165, 1.54) is 41.5 Å². The third-order valence-electron chi connectivity index (χ3n) is 7.83. The Hall–Kier alpha value is -3.60. The van der Waals surface area contributed by atoms with Gasteiger partial charge in [-0.15, -0.1) is 17.8 Å². The molecule has 1 aliphatic heterocycles. The van der Waals surface area contributed by atoms with Crippen LogP contribution in [0.5, 0.6) is 0 Å². The Bertz CT molecular complexity index is 1480. The molecule has 38 heavy (non-hydrogen) atoms. The Labute approximate surface area is 227 Å². The largest absolute Gasteiger partial charge is 0.382 e. The summed E-state index contributed by atoms with van der Waals surface area (Å²) in [6.07, 6.45) is 12.0. The molecule has 194 valence electrons. The van der Waals surface area contributed by atoms with Gasteiger partial charge in [-0.1, -0.05) is 43.7 Å². The van der Waals surface area contributed by atoms with Gasteiger partial charge in [0.1, 0.15) is 5.69 Å². The van der Waals surface area contributed by atoms with Crippen molar-refractivity contribution in [3.8, 4) is 12.3 Å². The van der Waals surface area contributed by atoms with Crippen LogP contribution in [0, 0.1) is 12.3 Å². The number of hydrogen-bond donors (Lipinski definition) is 3. The highest BCUT2D eigenvalue weighted by Crippen LogP contribution is 2.41. The topological polar surface area (TPSA) is 73.0 Å². The van der Waals surface area contributed by atoms with Crippen LogP contribution < -0.4 is 10.6 Å². The van der Waals surface area contributed by atoms with Crippen molar-refractivity contribution in [3.05, 3.63) is 81.4 Å². The van der Waals surface area contributed by atoms with Gasteiger partial charge in [0.25, 0.3) is 5.91 Å². The van der Waals surface area contributed by atoms with Crippen LogP contribution in [0.15, 0.2) is 53.9 Å². The molecule has 4 aromatic rings. The molecule has 0 spiro atoms. The highest BCUT2D eigenvalue weighted by Gasteiger charge is 2.41. The molecule has 0 radical (unpaired) electrons. The first-order valence-corrected chi connectivity index (χ1v) is 14.5. The van der Waals surface area contributed by atoms with Gasteiger partial charge in [0, 0.05) is 40.1 Å². The van der Waals surface area contributed by atoms with Gasteiger partial charge in [-0.25, -0.2) is 4.98 Å². The number of aromatic amines is 1. The number of terminal acetylenes is 1. The Kier molecular flexibility index (Phi) is 6.92. The molecule has 1 amide bonds. The first kappa shape index (κ1) is 24.7. The van der Waals surface area contributed by atoms with Gasteiger partial charge in [-0.2, -0.15) is 0 Å². The van der Waals surface area contributed by atoms with Crippen molar-refractivity contribution in [2.45, 2.75) is 63.7 Å². The lowest BCUT2D eigenvalue weighted by atomic mass is 9.89. The molecule has 1 aliphatic carbocycles. The van der Waals surface area contributed by atoms with Crippen LogP contribution in [0.4, 0.5) is 5.69 Å². The second-order valence-electron chi connectivity index (χ2n) is 10.3. The van der Waals surface area contributed by atoms with Crippen molar-refractivity contribution in [2.24, 2.45) is 0 Å². The fourth-order valence-electron chi connectivity index (χ4n) is 5.61. The fraction of sp³-hybridized carbons (Fsp3) is 0.355. The van der Waals surface area contributed by atoms with Crippen LogP contribution >= 0.6 is 11.3 Å². The normalized spacial score (nSPS) is 19.1. The second kappa shape index (κ2) is 10.6. The number of nitrogens with one attached hydrogen (secondary N) is 3. The zero-order valence-corrected chi connectivity index (χ0v) is 22.5. The average molecular weight is 524 g/mol. The lowest BCUT2D eigenvalue weighted by Crippen LogP contribution is -2.54. The lowest BCUT2D eigenvalue weighted by molar-refractivity contribution is 0.0522. The molecule has 7 heteroatoms. The van der Waals surface area contributed by atoms with E-state index in [9.17, 15) is 4.79 Å². The van der Waals surface area contributed by atoms with E-state index in [0.717, 1.165) is 48.3 Å². The molecule has 3 heterocycles. The van der Waals surface area contributed by atoms with E-state index in [1.807, 2.05) is 4.90 Å². The van der Waals surface area contributed by atoms with Crippen molar-refractivity contribution < 1.29 is 4.79 Å². The van der Waals surface area contributed by atoms with Gasteiger partial charge in [0.15, 0.2) is 5.01 Å². The smallest absolute Gasteiger partial charge is 0.275 e. The SMILES string of the molecule is C#Cc1nc(C(=O)N2[C@@H](c3ccc(NC4CCC4)cc3)c3[nH]c4ccccc4c3C[C@@H]2NCCCC)cs1. The summed E-state index contributed by atoms with van der Waals surface area (Å²) in [5.41, 5.74) is 6.02. The maximum Gasteiger partial charge on any atom is 0.275 e. The summed E-state index contributed by atoms with van der Waals surface area (Å²) < 4.78 is 0. The minimum Gasteiger partial charge on any atom is -0.382 e. The van der Waals surface area contributed by atoms with Crippen molar-refractivity contribution in [3.63, 3.8) is 0 Å². The van der Waals surface area contributed by atoms with Gasteiger partial charge in [0.05, 0.1) is 12.2 Å². The maximum absolute atomic E-state index is 14.2. The number of fused-ring (bicyclic) bond motifs is 3. The molecule has 6 nitrogen and oxygen atoms in total. The summed E-state index contributed by atoms with van der Waals surface area (Å²) in [5, 5.41) is 10.9. The van der Waals surface area contributed by atoms with Crippen LogP contribution in [0.3, 0.4) is 0 Å². The highest BCUT2D eigenvalue weighted by atomic mass is 32.1. The van der Waals surface area contributed by atoms with Crippen LogP contribution in [0.1, 0.15) is 77.4 Å². The zero-order valence-electron chi connectivity index (χ0n) is 21.7. The van der Waals surface area contributed by atoms with Gasteiger partial charge >= 0.3 is 0 Å². The predicted molar refractivity (Wildman–Crippen MR) is 154 cm³/mol. The number of para-hydroxylation sites is 1. The second-order valence-corrected chi connectivity index (χ2v) is 11.1. The Morgan fingerprint density at radius 1 is 1.21 bits per heavy atom. The maximum atomic E-state index is 14.2. The quantitative estimate of drug-likeness (QED) is 0.194. The molecule has 0 unspecified atom stereocenters. The number of benzene rings is 2. The summed E-state index contributed by atoms with van der Waals surface area (Å²) in [5.74, 6) is 2.47. The Morgan fingerprint density at radius 3 is 2.74 bits per heavy atom. The lowest BCUT2D eigenvalue weighted by Gasteiger charge is -2.42.